The van der Waals surface area contributed by atoms with Crippen LogP contribution in [0.3, 0.4) is 0 Å². The first-order valence-corrected chi connectivity index (χ1v) is 11.6. The van der Waals surface area contributed by atoms with E-state index >= 15 is 0 Å². The lowest BCUT2D eigenvalue weighted by molar-refractivity contribution is 0.0716. The number of aliphatic hydroxyl groups excluding tert-OH is 1. The summed E-state index contributed by atoms with van der Waals surface area (Å²) in [6.07, 6.45) is 10.4. The van der Waals surface area contributed by atoms with Crippen LogP contribution in [-0.4, -0.2) is 42.3 Å². The van der Waals surface area contributed by atoms with E-state index in [1.54, 1.807) is 29.2 Å². The van der Waals surface area contributed by atoms with Crippen LogP contribution in [0.4, 0.5) is 0 Å². The van der Waals surface area contributed by atoms with Gasteiger partial charge < -0.3 is 10.4 Å². The molecule has 4 aromatic heterocycles. The van der Waals surface area contributed by atoms with Gasteiger partial charge in [-0.15, -0.1) is 0 Å². The smallest absolute Gasteiger partial charge is 0.267 e. The predicted molar refractivity (Wildman–Crippen MR) is 129 cm³/mol. The molecule has 8 nitrogen and oxygen atoms in total. The van der Waals surface area contributed by atoms with Crippen molar-refractivity contribution in [3.63, 3.8) is 0 Å². The highest BCUT2D eigenvalue weighted by Crippen LogP contribution is 2.21. The summed E-state index contributed by atoms with van der Waals surface area (Å²) in [6, 6.07) is 10.8. The van der Waals surface area contributed by atoms with Crippen molar-refractivity contribution in [3.8, 4) is 11.1 Å². The SMILES string of the molecule is Cn1cc(-c2ccc(Cc3cc(C(=O)NC4CCCCC4O)c(=O)n4ccccc34)nc2)cn1. The molecule has 4 heterocycles. The zero-order chi connectivity index (χ0) is 23.7. The number of carbonyl (C=O) groups excluding carboxylic acids is 1. The van der Waals surface area contributed by atoms with E-state index in [4.69, 9.17) is 0 Å². The monoisotopic (exact) mass is 457 g/mol. The normalized spacial score (nSPS) is 18.2. The Morgan fingerprint density at radius 3 is 2.74 bits per heavy atom. The Hall–Kier alpha value is -3.78. The summed E-state index contributed by atoms with van der Waals surface area (Å²) in [4.78, 5) is 30.8. The topological polar surface area (TPSA) is 102 Å². The predicted octanol–water partition coefficient (Wildman–Crippen LogP) is 2.72. The maximum absolute atomic E-state index is 13.1. The maximum atomic E-state index is 13.1. The van der Waals surface area contributed by atoms with Crippen molar-refractivity contribution < 1.29 is 9.90 Å². The van der Waals surface area contributed by atoms with E-state index < -0.39 is 12.0 Å². The quantitative estimate of drug-likeness (QED) is 0.480. The highest BCUT2D eigenvalue weighted by Gasteiger charge is 2.26. The van der Waals surface area contributed by atoms with Gasteiger partial charge in [-0.05, 0) is 42.7 Å². The van der Waals surface area contributed by atoms with Crippen LogP contribution in [0.15, 0.2) is 66.0 Å². The number of pyridine rings is 3. The van der Waals surface area contributed by atoms with E-state index in [2.05, 4.69) is 15.4 Å². The Balaban J connectivity index is 1.46. The molecule has 8 heteroatoms. The molecule has 2 atom stereocenters. The Morgan fingerprint density at radius 1 is 1.15 bits per heavy atom. The zero-order valence-electron chi connectivity index (χ0n) is 19.0. The van der Waals surface area contributed by atoms with Gasteiger partial charge in [0.15, 0.2) is 0 Å². The van der Waals surface area contributed by atoms with Gasteiger partial charge in [0, 0.05) is 48.9 Å². The third-order valence-corrected chi connectivity index (χ3v) is 6.48. The molecule has 5 rings (SSSR count). The molecule has 0 bridgehead atoms. The van der Waals surface area contributed by atoms with E-state index in [9.17, 15) is 14.7 Å². The highest BCUT2D eigenvalue weighted by molar-refractivity contribution is 5.95. The molecule has 2 unspecified atom stereocenters. The molecule has 1 amide bonds. The van der Waals surface area contributed by atoms with Gasteiger partial charge in [-0.2, -0.15) is 5.10 Å². The average Bonchev–Trinajstić information content (AvgIpc) is 3.29. The second kappa shape index (κ2) is 9.23. The number of aryl methyl sites for hydroxylation is 1. The second-order valence-corrected chi connectivity index (χ2v) is 8.89. The molecule has 4 aromatic rings. The van der Waals surface area contributed by atoms with Crippen molar-refractivity contribution in [3.05, 3.63) is 88.4 Å². The Morgan fingerprint density at radius 2 is 2.00 bits per heavy atom. The number of carbonyl (C=O) groups is 1. The fourth-order valence-corrected chi connectivity index (χ4v) is 4.62. The van der Waals surface area contributed by atoms with Crippen molar-refractivity contribution in [1.29, 1.82) is 0 Å². The molecular weight excluding hydrogens is 430 g/mol. The molecule has 0 radical (unpaired) electrons. The van der Waals surface area contributed by atoms with E-state index in [0.717, 1.165) is 40.7 Å². The third kappa shape index (κ3) is 4.36. The lowest BCUT2D eigenvalue weighted by Crippen LogP contribution is -2.46. The summed E-state index contributed by atoms with van der Waals surface area (Å²) in [5.41, 5.74) is 4.05. The first-order valence-electron chi connectivity index (χ1n) is 11.6. The number of aromatic nitrogens is 4. The minimum atomic E-state index is -0.581. The van der Waals surface area contributed by atoms with Crippen LogP contribution >= 0.6 is 0 Å². The van der Waals surface area contributed by atoms with Crippen molar-refractivity contribution in [1.82, 2.24) is 24.5 Å². The van der Waals surface area contributed by atoms with Gasteiger partial charge in [-0.25, -0.2) is 0 Å². The number of amides is 1. The first-order chi connectivity index (χ1) is 16.5. The highest BCUT2D eigenvalue weighted by atomic mass is 16.3. The van der Waals surface area contributed by atoms with Gasteiger partial charge in [0.25, 0.3) is 11.5 Å². The summed E-state index contributed by atoms with van der Waals surface area (Å²) in [6.45, 7) is 0. The number of hydrogen-bond donors (Lipinski definition) is 2. The lowest BCUT2D eigenvalue weighted by Gasteiger charge is -2.28. The number of aliphatic hydroxyl groups is 1. The Bertz CT molecular complexity index is 1390. The molecule has 174 valence electrons. The molecule has 1 fully saturated rings. The van der Waals surface area contributed by atoms with Gasteiger partial charge >= 0.3 is 0 Å². The molecule has 2 N–H and O–H groups in total. The molecule has 1 aliphatic carbocycles. The molecule has 0 saturated heterocycles. The molecular formula is C26H27N5O3. The summed E-state index contributed by atoms with van der Waals surface area (Å²) < 4.78 is 3.25. The molecule has 0 aromatic carbocycles. The van der Waals surface area contributed by atoms with Crippen LogP contribution < -0.4 is 10.9 Å². The fourth-order valence-electron chi connectivity index (χ4n) is 4.62. The molecule has 34 heavy (non-hydrogen) atoms. The number of nitrogens with one attached hydrogen (secondary N) is 1. The second-order valence-electron chi connectivity index (χ2n) is 8.89. The van der Waals surface area contributed by atoms with E-state index in [1.165, 1.54) is 4.40 Å². The van der Waals surface area contributed by atoms with E-state index in [0.29, 0.717) is 19.3 Å². The first kappa shape index (κ1) is 22.0. The van der Waals surface area contributed by atoms with Gasteiger partial charge in [0.05, 0.1) is 23.9 Å². The standard InChI is InChI=1S/C26H27N5O3/c1-30-16-19(15-28-30)17-9-10-20(27-14-17)12-18-13-21(26(34)31-11-5-4-7-23(18)31)25(33)29-22-6-2-3-8-24(22)32/h4-5,7,9-11,13-16,22,24,32H,2-3,6,8,12H2,1H3,(H,29,33). The summed E-state index contributed by atoms with van der Waals surface area (Å²) in [5.74, 6) is -0.449. The number of rotatable bonds is 5. The zero-order valence-corrected chi connectivity index (χ0v) is 19.0. The van der Waals surface area contributed by atoms with E-state index in [1.807, 2.05) is 43.7 Å². The van der Waals surface area contributed by atoms with Crippen LogP contribution in [0.1, 0.15) is 47.3 Å². The number of fused-ring (bicyclic) bond motifs is 1. The Kier molecular flexibility index (Phi) is 5.98. The van der Waals surface area contributed by atoms with Crippen LogP contribution in [0.25, 0.3) is 16.6 Å². The largest absolute Gasteiger partial charge is 0.391 e. The Labute approximate surface area is 196 Å². The van der Waals surface area contributed by atoms with Crippen LogP contribution in [-0.2, 0) is 13.5 Å². The van der Waals surface area contributed by atoms with Crippen LogP contribution in [0.5, 0.6) is 0 Å². The van der Waals surface area contributed by atoms with Crippen molar-refractivity contribution in [2.45, 2.75) is 44.2 Å². The lowest BCUT2D eigenvalue weighted by atomic mass is 9.92. The van der Waals surface area contributed by atoms with Gasteiger partial charge in [0.1, 0.15) is 5.56 Å². The molecule has 1 aliphatic rings. The summed E-state index contributed by atoms with van der Waals surface area (Å²) in [5, 5.41) is 17.3. The van der Waals surface area contributed by atoms with Gasteiger partial charge in [-0.3, -0.25) is 23.7 Å². The molecule has 0 spiro atoms. The van der Waals surface area contributed by atoms with Crippen LogP contribution in [0.2, 0.25) is 0 Å². The number of nitrogens with zero attached hydrogens (tertiary/aromatic N) is 4. The van der Waals surface area contributed by atoms with Crippen molar-refractivity contribution >= 4 is 11.4 Å². The minimum Gasteiger partial charge on any atom is -0.391 e. The number of hydrogen-bond acceptors (Lipinski definition) is 5. The van der Waals surface area contributed by atoms with Crippen molar-refractivity contribution in [2.75, 3.05) is 0 Å². The fraction of sp³-hybridized carbons (Fsp3) is 0.308. The minimum absolute atomic E-state index is 0.0726. The van der Waals surface area contributed by atoms with Crippen LogP contribution in [0, 0.1) is 0 Å². The molecule has 1 saturated carbocycles. The average molecular weight is 458 g/mol. The van der Waals surface area contributed by atoms with Crippen molar-refractivity contribution in [2.24, 2.45) is 7.05 Å². The van der Waals surface area contributed by atoms with E-state index in [-0.39, 0.29) is 17.2 Å². The summed E-state index contributed by atoms with van der Waals surface area (Å²) in [7, 11) is 1.87. The van der Waals surface area contributed by atoms with Gasteiger partial charge in [-0.1, -0.05) is 25.0 Å². The third-order valence-electron chi connectivity index (χ3n) is 6.48. The molecule has 0 aliphatic heterocycles. The maximum Gasteiger partial charge on any atom is 0.267 e. The van der Waals surface area contributed by atoms with Gasteiger partial charge in [0.2, 0.25) is 0 Å². The summed E-state index contributed by atoms with van der Waals surface area (Å²) >= 11 is 0.